The molecule has 0 saturated carbocycles. The van der Waals surface area contributed by atoms with E-state index in [1.165, 1.54) is 44.9 Å². The highest BCUT2D eigenvalue weighted by atomic mass is 16.3. The lowest BCUT2D eigenvalue weighted by Gasteiger charge is -2.13. The zero-order valence-electron chi connectivity index (χ0n) is 10.6. The van der Waals surface area contributed by atoms with Crippen molar-refractivity contribution in [2.45, 2.75) is 71.3 Å². The van der Waals surface area contributed by atoms with Crippen molar-refractivity contribution >= 4 is 0 Å². The molecule has 0 bridgehead atoms. The summed E-state index contributed by atoms with van der Waals surface area (Å²) < 4.78 is 0. The van der Waals surface area contributed by atoms with Gasteiger partial charge in [0.15, 0.2) is 0 Å². The summed E-state index contributed by atoms with van der Waals surface area (Å²) in [7, 11) is 0. The SMILES string of the molecule is CCCCCCCCCNC(CC)CO. The van der Waals surface area contributed by atoms with Crippen LogP contribution < -0.4 is 5.32 Å². The van der Waals surface area contributed by atoms with Gasteiger partial charge in [-0.15, -0.1) is 0 Å². The van der Waals surface area contributed by atoms with Gasteiger partial charge in [0.2, 0.25) is 0 Å². The second kappa shape index (κ2) is 12.0. The molecule has 1 atom stereocenters. The van der Waals surface area contributed by atoms with E-state index in [-0.39, 0.29) is 6.61 Å². The van der Waals surface area contributed by atoms with E-state index in [1.807, 2.05) is 0 Å². The predicted molar refractivity (Wildman–Crippen MR) is 67.2 cm³/mol. The Hall–Kier alpha value is -0.0800. The highest BCUT2D eigenvalue weighted by molar-refractivity contribution is 4.62. The van der Waals surface area contributed by atoms with E-state index in [1.54, 1.807) is 0 Å². The number of aliphatic hydroxyl groups excluding tert-OH is 1. The van der Waals surface area contributed by atoms with E-state index in [2.05, 4.69) is 19.2 Å². The van der Waals surface area contributed by atoms with Crippen LogP contribution in [0, 0.1) is 0 Å². The molecule has 0 aliphatic carbocycles. The van der Waals surface area contributed by atoms with Gasteiger partial charge in [-0.25, -0.2) is 0 Å². The zero-order valence-corrected chi connectivity index (χ0v) is 10.6. The van der Waals surface area contributed by atoms with Crippen molar-refractivity contribution in [2.75, 3.05) is 13.2 Å². The minimum atomic E-state index is 0.271. The largest absolute Gasteiger partial charge is 0.395 e. The van der Waals surface area contributed by atoms with Crippen LogP contribution >= 0.6 is 0 Å². The van der Waals surface area contributed by atoms with Gasteiger partial charge in [0.05, 0.1) is 6.61 Å². The fourth-order valence-corrected chi connectivity index (χ4v) is 1.73. The Morgan fingerprint density at radius 3 is 2.07 bits per heavy atom. The van der Waals surface area contributed by atoms with E-state index < -0.39 is 0 Å². The predicted octanol–water partition coefficient (Wildman–Crippen LogP) is 3.10. The molecular formula is C13H29NO. The summed E-state index contributed by atoms with van der Waals surface area (Å²) >= 11 is 0. The van der Waals surface area contributed by atoms with Crippen molar-refractivity contribution in [1.82, 2.24) is 5.32 Å². The molecule has 0 aliphatic heterocycles. The van der Waals surface area contributed by atoms with E-state index >= 15 is 0 Å². The smallest absolute Gasteiger partial charge is 0.0584 e. The Balaban J connectivity index is 3.04. The van der Waals surface area contributed by atoms with Crippen LogP contribution in [0.15, 0.2) is 0 Å². The number of hydrogen-bond donors (Lipinski definition) is 2. The molecule has 0 aromatic rings. The minimum Gasteiger partial charge on any atom is -0.395 e. The van der Waals surface area contributed by atoms with E-state index in [0.29, 0.717) is 6.04 Å². The molecule has 0 fully saturated rings. The Labute approximate surface area is 95.5 Å². The number of nitrogens with one attached hydrogen (secondary N) is 1. The lowest BCUT2D eigenvalue weighted by atomic mass is 10.1. The molecule has 0 aromatic heterocycles. The summed E-state index contributed by atoms with van der Waals surface area (Å²) in [6.45, 7) is 5.70. The molecule has 92 valence electrons. The van der Waals surface area contributed by atoms with Crippen molar-refractivity contribution in [3.05, 3.63) is 0 Å². The topological polar surface area (TPSA) is 32.3 Å². The quantitative estimate of drug-likeness (QED) is 0.519. The molecule has 1 unspecified atom stereocenters. The summed E-state index contributed by atoms with van der Waals surface area (Å²) in [4.78, 5) is 0. The first-order chi connectivity index (χ1) is 7.35. The molecule has 0 aromatic carbocycles. The first-order valence-corrected chi connectivity index (χ1v) is 6.69. The highest BCUT2D eigenvalue weighted by Gasteiger charge is 2.01. The normalized spacial score (nSPS) is 13.0. The summed E-state index contributed by atoms with van der Waals surface area (Å²) in [6.07, 6.45) is 10.5. The van der Waals surface area contributed by atoms with Crippen molar-refractivity contribution in [2.24, 2.45) is 0 Å². The second-order valence-electron chi connectivity index (χ2n) is 4.36. The molecule has 0 radical (unpaired) electrons. The molecular weight excluding hydrogens is 186 g/mol. The van der Waals surface area contributed by atoms with Gasteiger partial charge >= 0.3 is 0 Å². The van der Waals surface area contributed by atoms with Crippen LogP contribution in [0.1, 0.15) is 65.2 Å². The van der Waals surface area contributed by atoms with Crippen LogP contribution in [-0.2, 0) is 0 Å². The molecule has 0 saturated heterocycles. The molecule has 0 heterocycles. The average Bonchev–Trinajstić information content (AvgIpc) is 2.27. The third-order valence-electron chi connectivity index (χ3n) is 2.93. The first kappa shape index (κ1) is 14.9. The molecule has 2 N–H and O–H groups in total. The summed E-state index contributed by atoms with van der Waals surface area (Å²) in [6, 6.07) is 0.310. The van der Waals surface area contributed by atoms with Crippen LogP contribution in [0.2, 0.25) is 0 Å². The maximum atomic E-state index is 8.96. The van der Waals surface area contributed by atoms with Crippen LogP contribution in [0.4, 0.5) is 0 Å². The maximum absolute atomic E-state index is 8.96. The number of aliphatic hydroxyl groups is 1. The van der Waals surface area contributed by atoms with E-state index in [0.717, 1.165) is 13.0 Å². The third-order valence-corrected chi connectivity index (χ3v) is 2.93. The van der Waals surface area contributed by atoms with Gasteiger partial charge in [0, 0.05) is 6.04 Å². The van der Waals surface area contributed by atoms with Gasteiger partial charge in [-0.05, 0) is 19.4 Å². The van der Waals surface area contributed by atoms with Crippen molar-refractivity contribution in [3.8, 4) is 0 Å². The van der Waals surface area contributed by atoms with Crippen LogP contribution in [0.25, 0.3) is 0 Å². The Morgan fingerprint density at radius 2 is 1.53 bits per heavy atom. The van der Waals surface area contributed by atoms with E-state index in [9.17, 15) is 0 Å². The second-order valence-corrected chi connectivity index (χ2v) is 4.36. The van der Waals surface area contributed by atoms with Crippen molar-refractivity contribution in [1.29, 1.82) is 0 Å². The van der Waals surface area contributed by atoms with Gasteiger partial charge in [-0.1, -0.05) is 52.4 Å². The lowest BCUT2D eigenvalue weighted by molar-refractivity contribution is 0.238. The molecule has 15 heavy (non-hydrogen) atoms. The van der Waals surface area contributed by atoms with Crippen LogP contribution in [0.5, 0.6) is 0 Å². The van der Waals surface area contributed by atoms with E-state index in [4.69, 9.17) is 5.11 Å². The van der Waals surface area contributed by atoms with Gasteiger partial charge in [0.1, 0.15) is 0 Å². The number of rotatable bonds is 11. The molecule has 2 nitrogen and oxygen atoms in total. The first-order valence-electron chi connectivity index (χ1n) is 6.69. The van der Waals surface area contributed by atoms with Crippen molar-refractivity contribution < 1.29 is 5.11 Å². The minimum absolute atomic E-state index is 0.271. The van der Waals surface area contributed by atoms with Gasteiger partial charge < -0.3 is 10.4 Å². The van der Waals surface area contributed by atoms with Crippen LogP contribution in [-0.4, -0.2) is 24.3 Å². The molecule has 0 spiro atoms. The lowest BCUT2D eigenvalue weighted by Crippen LogP contribution is -2.32. The van der Waals surface area contributed by atoms with Crippen molar-refractivity contribution in [3.63, 3.8) is 0 Å². The number of hydrogen-bond acceptors (Lipinski definition) is 2. The molecule has 0 rings (SSSR count). The number of unbranched alkanes of at least 4 members (excludes halogenated alkanes) is 6. The zero-order chi connectivity index (χ0) is 11.4. The summed E-state index contributed by atoms with van der Waals surface area (Å²) in [5.41, 5.74) is 0. The fourth-order valence-electron chi connectivity index (χ4n) is 1.73. The highest BCUT2D eigenvalue weighted by Crippen LogP contribution is 2.06. The fraction of sp³-hybridized carbons (Fsp3) is 1.00. The Morgan fingerprint density at radius 1 is 0.933 bits per heavy atom. The molecule has 0 aliphatic rings. The van der Waals surface area contributed by atoms with Gasteiger partial charge in [0.25, 0.3) is 0 Å². The van der Waals surface area contributed by atoms with Gasteiger partial charge in [-0.2, -0.15) is 0 Å². The third kappa shape index (κ3) is 10.2. The summed E-state index contributed by atoms with van der Waals surface area (Å²) in [5.74, 6) is 0. The van der Waals surface area contributed by atoms with Gasteiger partial charge in [-0.3, -0.25) is 0 Å². The Bertz CT molecular complexity index is 113. The maximum Gasteiger partial charge on any atom is 0.0584 e. The van der Waals surface area contributed by atoms with Crippen LogP contribution in [0.3, 0.4) is 0 Å². The Kier molecular flexibility index (Phi) is 11.9. The molecule has 0 amide bonds. The molecule has 2 heteroatoms. The monoisotopic (exact) mass is 215 g/mol. The summed E-state index contributed by atoms with van der Waals surface area (Å²) in [5, 5.41) is 12.3. The standard InChI is InChI=1S/C13H29NO/c1-3-5-6-7-8-9-10-11-14-13(4-2)12-15/h13-15H,3-12H2,1-2H3. The average molecular weight is 215 g/mol.